The van der Waals surface area contributed by atoms with Gasteiger partial charge in [-0.2, -0.15) is 0 Å². The van der Waals surface area contributed by atoms with E-state index in [0.717, 1.165) is 12.8 Å². The molecule has 1 aliphatic rings. The maximum absolute atomic E-state index is 12.7. The fraction of sp³-hybridized carbons (Fsp3) is 0.647. The third kappa shape index (κ3) is 5.03. The van der Waals surface area contributed by atoms with Gasteiger partial charge in [-0.05, 0) is 30.4 Å². The molecule has 0 N–H and O–H groups in total. The highest BCUT2D eigenvalue weighted by Gasteiger charge is 2.33. The van der Waals surface area contributed by atoms with Gasteiger partial charge in [-0.3, -0.25) is 9.78 Å². The Kier molecular flexibility index (Phi) is 5.45. The molecule has 1 amide bonds. The number of amides is 1. The highest BCUT2D eigenvalue weighted by molar-refractivity contribution is 7.92. The van der Waals surface area contributed by atoms with E-state index < -0.39 is 15.6 Å². The Labute approximate surface area is 139 Å². The third-order valence-electron chi connectivity index (χ3n) is 4.03. The van der Waals surface area contributed by atoms with Crippen LogP contribution in [0, 0.1) is 5.41 Å². The van der Waals surface area contributed by atoms with Crippen molar-refractivity contribution in [3.63, 3.8) is 0 Å². The molecule has 0 aliphatic heterocycles. The van der Waals surface area contributed by atoms with Crippen LogP contribution < -0.4 is 4.90 Å². The molecule has 5 nitrogen and oxygen atoms in total. The fourth-order valence-electron chi connectivity index (χ4n) is 2.93. The molecule has 1 heterocycles. The van der Waals surface area contributed by atoms with E-state index in [9.17, 15) is 13.2 Å². The quantitative estimate of drug-likeness (QED) is 0.828. The minimum atomic E-state index is -3.38. The summed E-state index contributed by atoms with van der Waals surface area (Å²) in [7, 11) is -3.38. The number of hydrogen-bond donors (Lipinski definition) is 0. The molecule has 1 aromatic rings. The Bertz CT molecular complexity index is 630. The van der Waals surface area contributed by atoms with Crippen LogP contribution in [0.1, 0.15) is 46.5 Å². The van der Waals surface area contributed by atoms with Gasteiger partial charge in [-0.15, -0.1) is 0 Å². The Morgan fingerprint density at radius 2 is 1.96 bits per heavy atom. The zero-order valence-corrected chi connectivity index (χ0v) is 15.0. The van der Waals surface area contributed by atoms with Crippen LogP contribution in [-0.4, -0.2) is 36.9 Å². The minimum absolute atomic E-state index is 0.136. The number of anilines is 1. The smallest absolute Gasteiger partial charge is 0.242 e. The van der Waals surface area contributed by atoms with Crippen LogP contribution in [-0.2, 0) is 14.6 Å². The van der Waals surface area contributed by atoms with Crippen molar-refractivity contribution >= 4 is 21.4 Å². The summed E-state index contributed by atoms with van der Waals surface area (Å²) in [5.74, 6) is -0.775. The molecule has 1 aromatic heterocycles. The van der Waals surface area contributed by atoms with Gasteiger partial charge in [0.15, 0.2) is 9.84 Å². The predicted molar refractivity (Wildman–Crippen MR) is 92.1 cm³/mol. The van der Waals surface area contributed by atoms with Gasteiger partial charge < -0.3 is 4.90 Å². The number of pyridine rings is 1. The van der Waals surface area contributed by atoms with E-state index in [1.165, 1.54) is 0 Å². The van der Waals surface area contributed by atoms with Crippen molar-refractivity contribution in [1.82, 2.24) is 4.98 Å². The standard InChI is InChI=1S/C17H26N2O3S/c1-17(2,3)13-19(14-7-6-10-18-11-14)16(20)12-23(21,22)15-8-4-5-9-15/h6-7,10-11,15H,4-5,8-9,12-13H2,1-3H3. The summed E-state index contributed by atoms with van der Waals surface area (Å²) in [6.07, 6.45) is 6.48. The number of carbonyl (C=O) groups is 1. The van der Waals surface area contributed by atoms with Crippen LogP contribution in [0.3, 0.4) is 0 Å². The van der Waals surface area contributed by atoms with Crippen molar-refractivity contribution in [3.8, 4) is 0 Å². The molecule has 0 aromatic carbocycles. The lowest BCUT2D eigenvalue weighted by molar-refractivity contribution is -0.116. The van der Waals surface area contributed by atoms with E-state index in [4.69, 9.17) is 0 Å². The number of aromatic nitrogens is 1. The van der Waals surface area contributed by atoms with Crippen molar-refractivity contribution in [2.24, 2.45) is 5.41 Å². The molecule has 23 heavy (non-hydrogen) atoms. The number of sulfone groups is 1. The van der Waals surface area contributed by atoms with Crippen LogP contribution in [0.15, 0.2) is 24.5 Å². The molecule has 1 aliphatic carbocycles. The highest BCUT2D eigenvalue weighted by atomic mass is 32.2. The van der Waals surface area contributed by atoms with Gasteiger partial charge in [0.05, 0.1) is 17.1 Å². The molecule has 0 spiro atoms. The van der Waals surface area contributed by atoms with Crippen molar-refractivity contribution < 1.29 is 13.2 Å². The summed E-state index contributed by atoms with van der Waals surface area (Å²) < 4.78 is 25.0. The molecule has 0 saturated heterocycles. The topological polar surface area (TPSA) is 67.3 Å². The first-order valence-electron chi connectivity index (χ1n) is 8.11. The Morgan fingerprint density at radius 1 is 1.30 bits per heavy atom. The van der Waals surface area contributed by atoms with Gasteiger partial charge in [0.1, 0.15) is 5.75 Å². The van der Waals surface area contributed by atoms with Crippen molar-refractivity contribution in [2.75, 3.05) is 17.2 Å². The first kappa shape index (κ1) is 17.9. The fourth-order valence-corrected chi connectivity index (χ4v) is 4.71. The van der Waals surface area contributed by atoms with Crippen LogP contribution in [0.5, 0.6) is 0 Å². The van der Waals surface area contributed by atoms with Crippen LogP contribution in [0.4, 0.5) is 5.69 Å². The summed E-state index contributed by atoms with van der Waals surface area (Å²) >= 11 is 0. The predicted octanol–water partition coefficient (Wildman–Crippen LogP) is 2.82. The molecular formula is C17H26N2O3S. The monoisotopic (exact) mass is 338 g/mol. The number of carbonyl (C=O) groups excluding carboxylic acids is 1. The molecule has 0 unspecified atom stereocenters. The maximum Gasteiger partial charge on any atom is 0.242 e. The second-order valence-electron chi connectivity index (χ2n) is 7.47. The average Bonchev–Trinajstić information content (AvgIpc) is 2.99. The number of nitrogens with zero attached hydrogens (tertiary/aromatic N) is 2. The lowest BCUT2D eigenvalue weighted by Gasteiger charge is -2.30. The van der Waals surface area contributed by atoms with Crippen molar-refractivity contribution in [3.05, 3.63) is 24.5 Å². The van der Waals surface area contributed by atoms with E-state index in [0.29, 0.717) is 25.1 Å². The van der Waals surface area contributed by atoms with E-state index in [1.54, 1.807) is 29.4 Å². The molecule has 128 valence electrons. The lowest BCUT2D eigenvalue weighted by atomic mass is 9.96. The van der Waals surface area contributed by atoms with E-state index >= 15 is 0 Å². The Balaban J connectivity index is 2.19. The zero-order chi connectivity index (χ0) is 17.1. The molecule has 1 fully saturated rings. The summed E-state index contributed by atoms with van der Waals surface area (Å²) in [5, 5.41) is -0.350. The summed E-state index contributed by atoms with van der Waals surface area (Å²) in [5.41, 5.74) is 0.511. The zero-order valence-electron chi connectivity index (χ0n) is 14.2. The van der Waals surface area contributed by atoms with E-state index in [1.807, 2.05) is 20.8 Å². The molecule has 0 atom stereocenters. The highest BCUT2D eigenvalue weighted by Crippen LogP contribution is 2.27. The first-order chi connectivity index (χ1) is 10.7. The number of hydrogen-bond acceptors (Lipinski definition) is 4. The average molecular weight is 338 g/mol. The van der Waals surface area contributed by atoms with Gasteiger partial charge in [-0.25, -0.2) is 8.42 Å². The third-order valence-corrected chi connectivity index (χ3v) is 6.16. The summed E-state index contributed by atoms with van der Waals surface area (Å²) in [4.78, 5) is 18.3. The second-order valence-corrected chi connectivity index (χ2v) is 9.75. The van der Waals surface area contributed by atoms with Gasteiger partial charge in [0, 0.05) is 12.7 Å². The molecule has 0 bridgehead atoms. The van der Waals surface area contributed by atoms with Gasteiger partial charge in [0.25, 0.3) is 0 Å². The van der Waals surface area contributed by atoms with E-state index in [2.05, 4.69) is 4.98 Å². The largest absolute Gasteiger partial charge is 0.309 e. The normalized spacial score (nSPS) is 16.5. The van der Waals surface area contributed by atoms with Crippen LogP contribution in [0.2, 0.25) is 0 Å². The SMILES string of the molecule is CC(C)(C)CN(C(=O)CS(=O)(=O)C1CCCC1)c1cccnc1. The Morgan fingerprint density at radius 3 is 2.48 bits per heavy atom. The molecule has 1 saturated carbocycles. The summed E-state index contributed by atoms with van der Waals surface area (Å²) in [6, 6.07) is 3.54. The minimum Gasteiger partial charge on any atom is -0.309 e. The number of rotatable bonds is 5. The maximum atomic E-state index is 12.7. The first-order valence-corrected chi connectivity index (χ1v) is 9.82. The molecular weight excluding hydrogens is 312 g/mol. The Hall–Kier alpha value is -1.43. The van der Waals surface area contributed by atoms with E-state index in [-0.39, 0.29) is 16.6 Å². The van der Waals surface area contributed by atoms with Crippen molar-refractivity contribution in [2.45, 2.75) is 51.7 Å². The molecule has 0 radical (unpaired) electrons. The van der Waals surface area contributed by atoms with Gasteiger partial charge >= 0.3 is 0 Å². The van der Waals surface area contributed by atoms with Gasteiger partial charge in [0.2, 0.25) is 5.91 Å². The van der Waals surface area contributed by atoms with Crippen LogP contribution in [0.25, 0.3) is 0 Å². The molecule has 2 rings (SSSR count). The summed E-state index contributed by atoms with van der Waals surface area (Å²) in [6.45, 7) is 6.52. The second kappa shape index (κ2) is 6.99. The van der Waals surface area contributed by atoms with Crippen molar-refractivity contribution in [1.29, 1.82) is 0 Å². The van der Waals surface area contributed by atoms with Crippen LogP contribution >= 0.6 is 0 Å². The molecule has 6 heteroatoms. The van der Waals surface area contributed by atoms with Gasteiger partial charge in [-0.1, -0.05) is 33.6 Å². The lowest BCUT2D eigenvalue weighted by Crippen LogP contribution is -2.42.